The number of hydrogen-bond donors (Lipinski definition) is 1. The smallest absolute Gasteiger partial charge is 0.254 e. The van der Waals surface area contributed by atoms with E-state index in [0.29, 0.717) is 12.1 Å². The molecule has 1 aromatic carbocycles. The molecule has 0 spiro atoms. The van der Waals surface area contributed by atoms with Crippen molar-refractivity contribution in [2.45, 2.75) is 32.2 Å². The van der Waals surface area contributed by atoms with Crippen molar-refractivity contribution < 1.29 is 9.21 Å². The number of carbonyl (C=O) groups excluding carboxylic acids is 1. The topological polar surface area (TPSA) is 63.3 Å². The minimum absolute atomic E-state index is 0.0590. The third-order valence-electron chi connectivity index (χ3n) is 5.41. The molecule has 0 radical (unpaired) electrons. The average Bonchev–Trinajstić information content (AvgIpc) is 3.40. The summed E-state index contributed by atoms with van der Waals surface area (Å²) >= 11 is 0. The van der Waals surface area contributed by atoms with Gasteiger partial charge in [0.25, 0.3) is 5.91 Å². The van der Waals surface area contributed by atoms with Gasteiger partial charge in [0.2, 0.25) is 0 Å². The number of aromatic nitrogens is 2. The average molecular weight is 378 g/mol. The molecule has 146 valence electrons. The summed E-state index contributed by atoms with van der Waals surface area (Å²) in [5.74, 6) is 0.798. The highest BCUT2D eigenvalue weighted by atomic mass is 16.3. The Balaban J connectivity index is 1.47. The molecule has 1 N–H and O–H groups in total. The Bertz CT molecular complexity index is 896. The second-order valence-electron chi connectivity index (χ2n) is 7.23. The summed E-state index contributed by atoms with van der Waals surface area (Å²) in [5.41, 5.74) is 2.37. The SMILES string of the molecule is Cc1c(C(=O)NCC(c2ccco2)N2CCCCC2)cnn1-c1ccccc1. The molecule has 28 heavy (non-hydrogen) atoms. The van der Waals surface area contributed by atoms with Gasteiger partial charge in [0.15, 0.2) is 0 Å². The minimum atomic E-state index is -0.103. The molecule has 1 atom stereocenters. The predicted octanol–water partition coefficient (Wildman–Crippen LogP) is 3.73. The number of nitrogens with one attached hydrogen (secondary N) is 1. The van der Waals surface area contributed by atoms with Crippen LogP contribution in [0, 0.1) is 6.92 Å². The van der Waals surface area contributed by atoms with Crippen molar-refractivity contribution in [2.75, 3.05) is 19.6 Å². The van der Waals surface area contributed by atoms with Crippen LogP contribution >= 0.6 is 0 Å². The van der Waals surface area contributed by atoms with Crippen molar-refractivity contribution in [2.24, 2.45) is 0 Å². The molecular formula is C22H26N4O2. The quantitative estimate of drug-likeness (QED) is 0.710. The molecule has 1 fully saturated rings. The first-order valence-corrected chi connectivity index (χ1v) is 9.90. The Morgan fingerprint density at radius 1 is 1.14 bits per heavy atom. The second-order valence-corrected chi connectivity index (χ2v) is 7.23. The summed E-state index contributed by atoms with van der Waals surface area (Å²) in [6, 6.07) is 13.8. The van der Waals surface area contributed by atoms with Gasteiger partial charge in [-0.05, 0) is 57.1 Å². The summed E-state index contributed by atoms with van der Waals surface area (Å²) in [4.78, 5) is 15.3. The van der Waals surface area contributed by atoms with E-state index in [0.717, 1.165) is 30.2 Å². The monoisotopic (exact) mass is 378 g/mol. The lowest BCUT2D eigenvalue weighted by Crippen LogP contribution is -2.40. The maximum Gasteiger partial charge on any atom is 0.254 e. The third kappa shape index (κ3) is 3.87. The molecule has 0 bridgehead atoms. The maximum absolute atomic E-state index is 12.9. The van der Waals surface area contributed by atoms with Crippen LogP contribution in [0.15, 0.2) is 59.3 Å². The Morgan fingerprint density at radius 3 is 2.64 bits per heavy atom. The van der Waals surface area contributed by atoms with Crippen molar-refractivity contribution in [3.8, 4) is 5.69 Å². The Kier molecular flexibility index (Phi) is 5.58. The van der Waals surface area contributed by atoms with Crippen LogP contribution in [0.2, 0.25) is 0 Å². The zero-order chi connectivity index (χ0) is 19.3. The van der Waals surface area contributed by atoms with E-state index < -0.39 is 0 Å². The number of para-hydroxylation sites is 1. The summed E-state index contributed by atoms with van der Waals surface area (Å²) in [7, 11) is 0. The fourth-order valence-electron chi connectivity index (χ4n) is 3.87. The van der Waals surface area contributed by atoms with E-state index in [-0.39, 0.29) is 11.9 Å². The summed E-state index contributed by atoms with van der Waals surface area (Å²) in [6.07, 6.45) is 6.98. The molecule has 1 aliphatic rings. The molecule has 6 nitrogen and oxygen atoms in total. The number of piperidine rings is 1. The molecule has 4 rings (SSSR count). The van der Waals surface area contributed by atoms with Gasteiger partial charge >= 0.3 is 0 Å². The molecule has 0 saturated carbocycles. The molecule has 2 aromatic heterocycles. The van der Waals surface area contributed by atoms with Gasteiger partial charge in [-0.1, -0.05) is 24.6 Å². The van der Waals surface area contributed by atoms with Gasteiger partial charge < -0.3 is 9.73 Å². The fourth-order valence-corrected chi connectivity index (χ4v) is 3.87. The van der Waals surface area contributed by atoms with Gasteiger partial charge in [0.05, 0.1) is 35.4 Å². The van der Waals surface area contributed by atoms with E-state index >= 15 is 0 Å². The van der Waals surface area contributed by atoms with Gasteiger partial charge in [-0.15, -0.1) is 0 Å². The molecule has 0 aliphatic carbocycles. The number of rotatable bonds is 6. The van der Waals surface area contributed by atoms with Crippen LogP contribution in [0.5, 0.6) is 0 Å². The molecule has 1 aliphatic heterocycles. The van der Waals surface area contributed by atoms with Crippen molar-refractivity contribution in [3.05, 3.63) is 71.9 Å². The first kappa shape index (κ1) is 18.5. The van der Waals surface area contributed by atoms with E-state index in [2.05, 4.69) is 15.3 Å². The highest BCUT2D eigenvalue weighted by Crippen LogP contribution is 2.24. The molecule has 1 saturated heterocycles. The Morgan fingerprint density at radius 2 is 1.93 bits per heavy atom. The highest BCUT2D eigenvalue weighted by Gasteiger charge is 2.25. The predicted molar refractivity (Wildman–Crippen MR) is 108 cm³/mol. The largest absolute Gasteiger partial charge is 0.468 e. The molecule has 1 amide bonds. The van der Waals surface area contributed by atoms with Crippen LogP contribution in [0.4, 0.5) is 0 Å². The van der Waals surface area contributed by atoms with Crippen LogP contribution in [-0.4, -0.2) is 40.2 Å². The van der Waals surface area contributed by atoms with E-state index in [4.69, 9.17) is 4.42 Å². The van der Waals surface area contributed by atoms with Crippen molar-refractivity contribution in [1.29, 1.82) is 0 Å². The third-order valence-corrected chi connectivity index (χ3v) is 5.41. The molecular weight excluding hydrogens is 352 g/mol. The fraction of sp³-hybridized carbons (Fsp3) is 0.364. The van der Waals surface area contributed by atoms with E-state index in [9.17, 15) is 4.79 Å². The van der Waals surface area contributed by atoms with Crippen molar-refractivity contribution in [1.82, 2.24) is 20.0 Å². The van der Waals surface area contributed by atoms with Crippen molar-refractivity contribution in [3.63, 3.8) is 0 Å². The number of amides is 1. The van der Waals surface area contributed by atoms with Gasteiger partial charge in [0, 0.05) is 6.54 Å². The summed E-state index contributed by atoms with van der Waals surface area (Å²) < 4.78 is 7.46. The normalized spacial score (nSPS) is 16.0. The number of benzene rings is 1. The zero-order valence-corrected chi connectivity index (χ0v) is 16.2. The zero-order valence-electron chi connectivity index (χ0n) is 16.2. The van der Waals surface area contributed by atoms with Gasteiger partial charge in [-0.25, -0.2) is 4.68 Å². The number of nitrogens with zero attached hydrogens (tertiary/aromatic N) is 3. The summed E-state index contributed by atoms with van der Waals surface area (Å²) in [6.45, 7) is 4.50. The van der Waals surface area contributed by atoms with Crippen LogP contribution < -0.4 is 5.32 Å². The highest BCUT2D eigenvalue weighted by molar-refractivity contribution is 5.95. The standard InChI is InChI=1S/C22H26N4O2/c1-17-19(15-24-26(17)18-9-4-2-5-10-18)22(27)23-16-20(21-11-8-14-28-21)25-12-6-3-7-13-25/h2,4-5,8-11,14-15,20H,3,6-7,12-13,16H2,1H3,(H,23,27). The summed E-state index contributed by atoms with van der Waals surface area (Å²) in [5, 5.41) is 7.50. The Labute approximate surface area is 165 Å². The number of hydrogen-bond acceptors (Lipinski definition) is 4. The Hall–Kier alpha value is -2.86. The molecule has 6 heteroatoms. The number of furan rings is 1. The van der Waals surface area contributed by atoms with Crippen LogP contribution in [-0.2, 0) is 0 Å². The van der Waals surface area contributed by atoms with E-state index in [1.807, 2.05) is 49.4 Å². The minimum Gasteiger partial charge on any atom is -0.468 e. The lowest BCUT2D eigenvalue weighted by Gasteiger charge is -2.33. The van der Waals surface area contributed by atoms with Gasteiger partial charge in [-0.3, -0.25) is 9.69 Å². The van der Waals surface area contributed by atoms with E-state index in [1.54, 1.807) is 17.1 Å². The van der Waals surface area contributed by atoms with Crippen LogP contribution in [0.1, 0.15) is 47.1 Å². The molecule has 3 aromatic rings. The first-order valence-electron chi connectivity index (χ1n) is 9.90. The maximum atomic E-state index is 12.9. The lowest BCUT2D eigenvalue weighted by atomic mass is 10.1. The molecule has 1 unspecified atom stereocenters. The van der Waals surface area contributed by atoms with Gasteiger partial charge in [0.1, 0.15) is 5.76 Å². The van der Waals surface area contributed by atoms with Gasteiger partial charge in [-0.2, -0.15) is 5.10 Å². The lowest BCUT2D eigenvalue weighted by molar-refractivity contribution is 0.0913. The number of likely N-dealkylation sites (tertiary alicyclic amines) is 1. The molecule has 3 heterocycles. The van der Waals surface area contributed by atoms with E-state index in [1.165, 1.54) is 19.3 Å². The van der Waals surface area contributed by atoms with Crippen LogP contribution in [0.25, 0.3) is 5.69 Å². The number of carbonyl (C=O) groups is 1. The van der Waals surface area contributed by atoms with Crippen molar-refractivity contribution >= 4 is 5.91 Å². The van der Waals surface area contributed by atoms with Crippen LogP contribution in [0.3, 0.4) is 0 Å². The second kappa shape index (κ2) is 8.44. The first-order chi connectivity index (χ1) is 13.7.